The molecule has 1 aromatic heterocycles. The predicted octanol–water partition coefficient (Wildman–Crippen LogP) is 1.96. The molecule has 1 aromatic carbocycles. The molecule has 0 aliphatic carbocycles. The maximum atomic E-state index is 11.5. The first-order valence-corrected chi connectivity index (χ1v) is 11.1. The summed E-state index contributed by atoms with van der Waals surface area (Å²) in [6.45, 7) is 3.09. The quantitative estimate of drug-likeness (QED) is 0.864. The minimum atomic E-state index is -3.17. The molecule has 0 saturated carbocycles. The maximum Gasteiger partial charge on any atom is 0.208 e. The van der Waals surface area contributed by atoms with E-state index in [0.717, 1.165) is 49.2 Å². The summed E-state index contributed by atoms with van der Waals surface area (Å²) in [6, 6.07) is 10.2. The molecule has 2 bridgehead atoms. The first kappa shape index (κ1) is 16.7. The Bertz CT molecular complexity index is 907. The lowest BCUT2D eigenvalue weighted by Gasteiger charge is -2.29. The van der Waals surface area contributed by atoms with Gasteiger partial charge in [-0.15, -0.1) is 0 Å². The van der Waals surface area contributed by atoms with Gasteiger partial charge in [0, 0.05) is 36.9 Å². The van der Waals surface area contributed by atoms with Crippen molar-refractivity contribution in [3.8, 4) is 0 Å². The van der Waals surface area contributed by atoms with Gasteiger partial charge in [0.15, 0.2) is 0 Å². The summed E-state index contributed by atoms with van der Waals surface area (Å²) in [5.74, 6) is 1.63. The number of furan rings is 1. The van der Waals surface area contributed by atoms with E-state index >= 15 is 0 Å². The molecule has 3 aliphatic heterocycles. The number of ether oxygens (including phenoxy) is 1. The molecule has 3 fully saturated rings. The van der Waals surface area contributed by atoms with Crippen LogP contribution in [0.15, 0.2) is 34.7 Å². The maximum absolute atomic E-state index is 11.5. The summed E-state index contributed by atoms with van der Waals surface area (Å²) >= 11 is 0. The highest BCUT2D eigenvalue weighted by atomic mass is 32.2. The van der Waals surface area contributed by atoms with Gasteiger partial charge in [-0.25, -0.2) is 13.1 Å². The van der Waals surface area contributed by atoms with Crippen LogP contribution in [0.3, 0.4) is 0 Å². The Hall–Kier alpha value is -1.41. The normalized spacial score (nSPS) is 34.0. The molecule has 4 atom stereocenters. The minimum Gasteiger partial charge on any atom is -0.460 e. The second-order valence-corrected chi connectivity index (χ2v) is 9.90. The van der Waals surface area contributed by atoms with Gasteiger partial charge >= 0.3 is 0 Å². The van der Waals surface area contributed by atoms with Crippen LogP contribution in [0.1, 0.15) is 18.6 Å². The van der Waals surface area contributed by atoms with Crippen LogP contribution in [0.25, 0.3) is 11.0 Å². The molecule has 7 heteroatoms. The van der Waals surface area contributed by atoms with Crippen LogP contribution in [-0.2, 0) is 21.3 Å². The van der Waals surface area contributed by atoms with Gasteiger partial charge in [-0.1, -0.05) is 18.2 Å². The number of para-hydroxylation sites is 1. The largest absolute Gasteiger partial charge is 0.460 e. The molecule has 26 heavy (non-hydrogen) atoms. The van der Waals surface area contributed by atoms with Crippen LogP contribution in [0.2, 0.25) is 0 Å². The molecule has 6 nitrogen and oxygen atoms in total. The van der Waals surface area contributed by atoms with Gasteiger partial charge < -0.3 is 9.15 Å². The Kier molecular flexibility index (Phi) is 3.73. The van der Waals surface area contributed by atoms with E-state index in [1.54, 1.807) is 0 Å². The van der Waals surface area contributed by atoms with Crippen molar-refractivity contribution in [2.45, 2.75) is 31.1 Å². The van der Waals surface area contributed by atoms with Crippen molar-refractivity contribution in [1.82, 2.24) is 9.62 Å². The van der Waals surface area contributed by atoms with E-state index in [0.29, 0.717) is 12.5 Å². The zero-order valence-corrected chi connectivity index (χ0v) is 15.7. The highest BCUT2D eigenvalue weighted by Crippen LogP contribution is 2.54. The topological polar surface area (TPSA) is 71.8 Å². The zero-order valence-electron chi connectivity index (χ0n) is 14.8. The standard InChI is InChI=1S/C19H24N2O4S/c1-26(22,23)20-9-15-16-11-21(12-19(16)7-6-18(15)25-19)10-14-8-13-4-2-3-5-17(13)24-14/h2-5,8,15-16,18,20H,6-7,9-12H2,1H3/t15-,16+,18+,19+/m0/s1. The van der Waals surface area contributed by atoms with Gasteiger partial charge in [0.2, 0.25) is 10.0 Å². The van der Waals surface area contributed by atoms with Gasteiger partial charge in [-0.2, -0.15) is 0 Å². The van der Waals surface area contributed by atoms with E-state index in [1.807, 2.05) is 18.2 Å². The molecule has 1 spiro atoms. The SMILES string of the molecule is CS(=O)(=O)NC[C@H]1[C@H]2CN(Cc3cc4ccccc4o3)C[C@]23CC[C@H]1O3. The molecular formula is C19H24N2O4S. The Morgan fingerprint density at radius 2 is 2.19 bits per heavy atom. The molecule has 3 aliphatic rings. The highest BCUT2D eigenvalue weighted by Gasteiger charge is 2.62. The minimum absolute atomic E-state index is 0.0967. The number of hydrogen-bond acceptors (Lipinski definition) is 5. The second-order valence-electron chi connectivity index (χ2n) is 8.07. The lowest BCUT2D eigenvalue weighted by Crippen LogP contribution is -2.41. The number of fused-ring (bicyclic) bond motifs is 2. The molecule has 1 N–H and O–H groups in total. The number of hydrogen-bond donors (Lipinski definition) is 1. The predicted molar refractivity (Wildman–Crippen MR) is 98.2 cm³/mol. The summed E-state index contributed by atoms with van der Waals surface area (Å²) in [6.07, 6.45) is 3.53. The fourth-order valence-electron chi connectivity index (χ4n) is 5.26. The first-order chi connectivity index (χ1) is 12.4. The van der Waals surface area contributed by atoms with E-state index in [1.165, 1.54) is 6.26 Å². The van der Waals surface area contributed by atoms with Crippen LogP contribution in [-0.4, -0.2) is 50.9 Å². The molecule has 0 radical (unpaired) electrons. The molecule has 4 heterocycles. The van der Waals surface area contributed by atoms with Crippen molar-refractivity contribution >= 4 is 21.0 Å². The summed E-state index contributed by atoms with van der Waals surface area (Å²) in [5.41, 5.74) is 0.827. The fraction of sp³-hybridized carbons (Fsp3) is 0.579. The van der Waals surface area contributed by atoms with Crippen LogP contribution < -0.4 is 4.72 Å². The van der Waals surface area contributed by atoms with E-state index in [4.69, 9.17) is 9.15 Å². The summed E-state index contributed by atoms with van der Waals surface area (Å²) in [5, 5.41) is 1.13. The Morgan fingerprint density at radius 3 is 3.00 bits per heavy atom. The molecule has 0 amide bonds. The summed E-state index contributed by atoms with van der Waals surface area (Å²) in [7, 11) is -3.17. The van der Waals surface area contributed by atoms with Gasteiger partial charge in [0.05, 0.1) is 24.5 Å². The van der Waals surface area contributed by atoms with E-state index in [-0.39, 0.29) is 17.6 Å². The lowest BCUT2D eigenvalue weighted by atomic mass is 9.74. The molecule has 0 unspecified atom stereocenters. The van der Waals surface area contributed by atoms with Crippen LogP contribution >= 0.6 is 0 Å². The third-order valence-corrected chi connectivity index (χ3v) is 6.98. The van der Waals surface area contributed by atoms with Crippen molar-refractivity contribution < 1.29 is 17.6 Å². The number of sulfonamides is 1. The number of nitrogens with zero attached hydrogens (tertiary/aromatic N) is 1. The average molecular weight is 376 g/mol. The van der Waals surface area contributed by atoms with Crippen molar-refractivity contribution in [2.75, 3.05) is 25.9 Å². The van der Waals surface area contributed by atoms with Crippen molar-refractivity contribution in [3.63, 3.8) is 0 Å². The van der Waals surface area contributed by atoms with Crippen molar-refractivity contribution in [2.24, 2.45) is 11.8 Å². The van der Waals surface area contributed by atoms with Gasteiger partial charge in [0.1, 0.15) is 11.3 Å². The molecular weight excluding hydrogens is 352 g/mol. The Morgan fingerprint density at radius 1 is 1.35 bits per heavy atom. The first-order valence-electron chi connectivity index (χ1n) is 9.24. The van der Waals surface area contributed by atoms with E-state index in [2.05, 4.69) is 21.8 Å². The smallest absolute Gasteiger partial charge is 0.208 e. The van der Waals surface area contributed by atoms with Gasteiger partial charge in [-0.05, 0) is 25.0 Å². The van der Waals surface area contributed by atoms with Gasteiger partial charge in [0.25, 0.3) is 0 Å². The second kappa shape index (κ2) is 5.79. The number of rotatable bonds is 5. The summed E-state index contributed by atoms with van der Waals surface area (Å²) in [4.78, 5) is 2.40. The third-order valence-electron chi connectivity index (χ3n) is 6.29. The fourth-order valence-corrected chi connectivity index (χ4v) is 5.76. The Balaban J connectivity index is 1.32. The van der Waals surface area contributed by atoms with Crippen molar-refractivity contribution in [1.29, 1.82) is 0 Å². The molecule has 2 aromatic rings. The molecule has 5 rings (SSSR count). The number of likely N-dealkylation sites (tertiary alicyclic amines) is 1. The number of nitrogens with one attached hydrogen (secondary N) is 1. The van der Waals surface area contributed by atoms with Gasteiger partial charge in [-0.3, -0.25) is 4.90 Å². The Labute approximate surface area is 153 Å². The highest BCUT2D eigenvalue weighted by molar-refractivity contribution is 7.88. The average Bonchev–Trinajstić information content (AvgIpc) is 3.29. The molecule has 140 valence electrons. The van der Waals surface area contributed by atoms with E-state index < -0.39 is 10.0 Å². The monoisotopic (exact) mass is 376 g/mol. The zero-order chi connectivity index (χ0) is 17.9. The summed E-state index contributed by atoms with van der Waals surface area (Å²) < 4.78 is 38.1. The van der Waals surface area contributed by atoms with Crippen LogP contribution in [0.4, 0.5) is 0 Å². The third kappa shape index (κ3) is 2.78. The number of benzene rings is 1. The van der Waals surface area contributed by atoms with Crippen LogP contribution in [0, 0.1) is 11.8 Å². The molecule has 3 saturated heterocycles. The van der Waals surface area contributed by atoms with Crippen molar-refractivity contribution in [3.05, 3.63) is 36.1 Å². The van der Waals surface area contributed by atoms with Crippen LogP contribution in [0.5, 0.6) is 0 Å². The van der Waals surface area contributed by atoms with E-state index in [9.17, 15) is 8.42 Å². The lowest BCUT2D eigenvalue weighted by molar-refractivity contribution is 0.00179.